The number of nitrogens with one attached hydrogen (secondary N) is 7. The second-order valence-electron chi connectivity index (χ2n) is 18.9. The normalized spacial score (nSPS) is 16.6. The SMILES string of the molecule is CC[C@@]1(O)C(=O)OCc2c1cc1n(c2=O)Cc2c-1nc1cc(F)c(C)c3c1c2[C@@H](NC(=O)COCNC(=O)CNC(=O)[C@H](Cc1ccccc1)NC(=O)CNC(=O)CNC(=O)CCCCCNC(=O)C(S)CC(=O)O)CC3. The van der Waals surface area contributed by atoms with E-state index in [-0.39, 0.29) is 50.1 Å². The van der Waals surface area contributed by atoms with E-state index in [4.69, 9.17) is 19.6 Å². The minimum Gasteiger partial charge on any atom is -0.481 e. The van der Waals surface area contributed by atoms with Crippen molar-refractivity contribution in [2.24, 2.45) is 0 Å². The number of pyridine rings is 2. The molecule has 4 atom stereocenters. The van der Waals surface area contributed by atoms with Crippen LogP contribution in [0.5, 0.6) is 0 Å². The fourth-order valence-corrected chi connectivity index (χ4v) is 9.80. The van der Waals surface area contributed by atoms with Crippen molar-refractivity contribution < 1.29 is 67.2 Å². The molecule has 23 nitrogen and oxygen atoms in total. The third kappa shape index (κ3) is 13.6. The molecule has 2 aliphatic heterocycles. The number of hydrogen-bond donors (Lipinski definition) is 10. The van der Waals surface area contributed by atoms with Gasteiger partial charge < -0.3 is 61.5 Å². The highest BCUT2D eigenvalue weighted by Gasteiger charge is 2.46. The summed E-state index contributed by atoms with van der Waals surface area (Å²) in [5, 5.41) is 37.7. The topological polar surface area (TPSA) is 332 Å². The summed E-state index contributed by atoms with van der Waals surface area (Å²) < 4.78 is 27.5. The van der Waals surface area contributed by atoms with E-state index in [0.29, 0.717) is 76.6 Å². The van der Waals surface area contributed by atoms with Gasteiger partial charge in [-0.05, 0) is 67.3 Å². The number of rotatable bonds is 25. The Bertz CT molecular complexity index is 3070. The van der Waals surface area contributed by atoms with Crippen molar-refractivity contribution in [2.45, 2.75) is 108 Å². The lowest BCUT2D eigenvalue weighted by atomic mass is 9.81. The first-order chi connectivity index (χ1) is 36.8. The number of aliphatic carboxylic acids is 1. The van der Waals surface area contributed by atoms with Crippen molar-refractivity contribution in [3.8, 4) is 11.4 Å². The highest BCUT2D eigenvalue weighted by atomic mass is 32.1. The Kier molecular flexibility index (Phi) is 18.8. The highest BCUT2D eigenvalue weighted by molar-refractivity contribution is 7.81. The molecule has 77 heavy (non-hydrogen) atoms. The number of aliphatic hydroxyl groups is 1. The van der Waals surface area contributed by atoms with Crippen LogP contribution in [0.2, 0.25) is 0 Å². The maximum Gasteiger partial charge on any atom is 0.343 e. The second-order valence-corrected chi connectivity index (χ2v) is 19.5. The van der Waals surface area contributed by atoms with Gasteiger partial charge >= 0.3 is 11.9 Å². The van der Waals surface area contributed by atoms with Gasteiger partial charge in [-0.25, -0.2) is 14.2 Å². The van der Waals surface area contributed by atoms with E-state index in [0.717, 1.165) is 5.56 Å². The van der Waals surface area contributed by atoms with Crippen molar-refractivity contribution in [1.82, 2.24) is 46.8 Å². The summed E-state index contributed by atoms with van der Waals surface area (Å²) in [6.07, 6.45) is 1.97. The molecule has 7 amide bonds. The van der Waals surface area contributed by atoms with E-state index in [2.05, 4.69) is 49.8 Å². The lowest BCUT2D eigenvalue weighted by Crippen LogP contribution is -2.52. The molecule has 25 heteroatoms. The largest absolute Gasteiger partial charge is 0.481 e. The molecule has 0 spiro atoms. The summed E-state index contributed by atoms with van der Waals surface area (Å²) >= 11 is 3.95. The molecule has 3 aliphatic rings. The zero-order chi connectivity index (χ0) is 55.6. The minimum absolute atomic E-state index is 0.0279. The van der Waals surface area contributed by atoms with E-state index in [9.17, 15) is 53.1 Å². The van der Waals surface area contributed by atoms with Gasteiger partial charge in [-0.15, -0.1) is 0 Å². The smallest absolute Gasteiger partial charge is 0.343 e. The Morgan fingerprint density at radius 2 is 1.60 bits per heavy atom. The van der Waals surface area contributed by atoms with Gasteiger partial charge in [0.1, 0.15) is 31.8 Å². The quantitative estimate of drug-likeness (QED) is 0.0162. The molecule has 2 aromatic heterocycles. The fourth-order valence-electron chi connectivity index (χ4n) is 9.55. The highest BCUT2D eigenvalue weighted by Crippen LogP contribution is 2.46. The third-order valence-electron chi connectivity index (χ3n) is 13.6. The van der Waals surface area contributed by atoms with Crippen LogP contribution < -0.4 is 42.8 Å². The van der Waals surface area contributed by atoms with Crippen LogP contribution >= 0.6 is 12.6 Å². The van der Waals surface area contributed by atoms with Gasteiger partial charge in [0.25, 0.3) is 5.56 Å². The van der Waals surface area contributed by atoms with Crippen molar-refractivity contribution in [3.05, 3.63) is 97.6 Å². The zero-order valence-corrected chi connectivity index (χ0v) is 43.2. The molecule has 0 saturated heterocycles. The summed E-state index contributed by atoms with van der Waals surface area (Å²) in [6.45, 7) is 0.856. The number of carboxylic acid groups (broad SMARTS) is 1. The maximum absolute atomic E-state index is 15.4. The fraction of sp³-hybridized carbons (Fsp3) is 0.442. The van der Waals surface area contributed by atoms with Crippen LogP contribution in [-0.2, 0) is 84.2 Å². The predicted octanol–water partition coefficient (Wildman–Crippen LogP) is 0.247. The van der Waals surface area contributed by atoms with Gasteiger partial charge in [0, 0.05) is 42.0 Å². The Labute approximate surface area is 445 Å². The second kappa shape index (κ2) is 25.4. The van der Waals surface area contributed by atoms with Gasteiger partial charge in [-0.1, -0.05) is 43.7 Å². The minimum atomic E-state index is -2.06. The number of amides is 7. The predicted molar refractivity (Wildman–Crippen MR) is 275 cm³/mol. The van der Waals surface area contributed by atoms with E-state index in [1.165, 1.54) is 10.6 Å². The summed E-state index contributed by atoms with van der Waals surface area (Å²) in [5.41, 5.74) is 1.79. The summed E-state index contributed by atoms with van der Waals surface area (Å²) in [6, 6.07) is 9.77. The molecule has 410 valence electrons. The third-order valence-corrected chi connectivity index (χ3v) is 14.0. The number of halogens is 1. The number of benzene rings is 2. The molecule has 1 aliphatic carbocycles. The van der Waals surface area contributed by atoms with E-state index in [1.807, 2.05) is 0 Å². The van der Waals surface area contributed by atoms with Crippen LogP contribution in [0.1, 0.15) is 96.9 Å². The monoisotopic (exact) mass is 1090 g/mol. The molecule has 0 bridgehead atoms. The van der Waals surface area contributed by atoms with Crippen molar-refractivity contribution >= 4 is 76.8 Å². The number of ether oxygens (including phenoxy) is 2. The van der Waals surface area contributed by atoms with Crippen molar-refractivity contribution in [3.63, 3.8) is 0 Å². The van der Waals surface area contributed by atoms with Crippen LogP contribution in [0.4, 0.5) is 4.39 Å². The lowest BCUT2D eigenvalue weighted by Gasteiger charge is -2.31. The van der Waals surface area contributed by atoms with Crippen LogP contribution in [0, 0.1) is 12.7 Å². The van der Waals surface area contributed by atoms with Gasteiger partial charge in [0.05, 0.1) is 66.4 Å². The van der Waals surface area contributed by atoms with Crippen LogP contribution in [0.15, 0.2) is 47.3 Å². The Hall–Kier alpha value is -7.77. The van der Waals surface area contributed by atoms with E-state index in [1.54, 1.807) is 50.2 Å². The summed E-state index contributed by atoms with van der Waals surface area (Å²) in [7, 11) is 0. The van der Waals surface area contributed by atoms with Gasteiger partial charge in [0.15, 0.2) is 5.60 Å². The summed E-state index contributed by atoms with van der Waals surface area (Å²) in [5.74, 6) is -6.75. The number of carbonyl (C=O) groups excluding carboxylic acids is 8. The van der Waals surface area contributed by atoms with Gasteiger partial charge in [-0.2, -0.15) is 12.6 Å². The van der Waals surface area contributed by atoms with Gasteiger partial charge in [0.2, 0.25) is 41.4 Å². The molecular weight excluding hydrogens is 1030 g/mol. The molecule has 4 heterocycles. The Balaban J connectivity index is 0.867. The first-order valence-corrected chi connectivity index (χ1v) is 25.6. The number of aryl methyl sites for hydroxylation is 1. The molecule has 9 N–H and O–H groups in total. The molecule has 2 aromatic carbocycles. The summed E-state index contributed by atoms with van der Waals surface area (Å²) in [4.78, 5) is 131. The standard InChI is InChI=1S/C52H60FN9O14S/c1-3-52(74)32-17-37-47-30(23-62(37)50(72)31(32)24-76-51(52)73)46-34(14-13-29-27(2)33(53)18-35(61-47)45(29)46)59-43(67)25-75-26-58-41(65)21-57-48(70)36(16-28-10-6-4-7-11-28)60-42(66)22-56-40(64)20-55-39(63)12-8-5-9-15-54-49(71)38(77)19-44(68)69/h4,6-7,10-11,17-18,34,36,38,74,77H,3,5,8-9,12-16,19-26H2,1-2H3,(H,54,71)(H,55,63)(H,56,64)(H,57,70)(H,58,65)(H,59,67)(H,60,66)(H,68,69)/t34-,36-,38?,52-/m0/s1. The van der Waals surface area contributed by atoms with Crippen LogP contribution in [-0.4, -0.2) is 124 Å². The first-order valence-electron chi connectivity index (χ1n) is 25.1. The number of carbonyl (C=O) groups is 9. The van der Waals surface area contributed by atoms with Crippen LogP contribution in [0.3, 0.4) is 0 Å². The molecule has 0 fully saturated rings. The molecule has 4 aromatic rings. The number of unbranched alkanes of at least 4 members (excludes halogenated alkanes) is 2. The molecule has 1 unspecified atom stereocenters. The van der Waals surface area contributed by atoms with Crippen molar-refractivity contribution in [2.75, 3.05) is 39.5 Å². The zero-order valence-electron chi connectivity index (χ0n) is 42.3. The number of nitrogens with zero attached hydrogens (tertiary/aromatic N) is 2. The number of thiol groups is 1. The van der Waals surface area contributed by atoms with Crippen molar-refractivity contribution in [1.29, 1.82) is 0 Å². The number of carboxylic acids is 1. The van der Waals surface area contributed by atoms with E-state index >= 15 is 4.39 Å². The number of hydrogen-bond acceptors (Lipinski definition) is 15. The van der Waals surface area contributed by atoms with E-state index < -0.39 is 127 Å². The first kappa shape index (κ1) is 56.9. The van der Waals surface area contributed by atoms with Crippen LogP contribution in [0.25, 0.3) is 22.3 Å². The Morgan fingerprint density at radius 1 is 0.883 bits per heavy atom. The molecular formula is C52H60FN9O14S. The maximum atomic E-state index is 15.4. The average molecular weight is 1090 g/mol. The molecule has 7 rings (SSSR count). The lowest BCUT2D eigenvalue weighted by molar-refractivity contribution is -0.172. The molecule has 0 saturated carbocycles. The Morgan fingerprint density at radius 3 is 2.34 bits per heavy atom. The number of esters is 1. The number of aromatic nitrogens is 2. The van der Waals surface area contributed by atoms with Gasteiger partial charge in [-0.3, -0.25) is 43.2 Å². The number of cyclic esters (lactones) is 1. The number of fused-ring (bicyclic) bond motifs is 5. The average Bonchev–Trinajstić information content (AvgIpc) is 3.79. The molecule has 0 radical (unpaired) electrons.